The SMILES string of the molecule is CS(=O)(=O)NC1CCCN(C(=O)c2cnccc2Cl)C1. The lowest BCUT2D eigenvalue weighted by molar-refractivity contribution is 0.0703. The molecule has 0 bridgehead atoms. The number of pyridine rings is 1. The molecular weight excluding hydrogens is 302 g/mol. The van der Waals surface area contributed by atoms with Crippen LogP contribution in [0.25, 0.3) is 0 Å². The van der Waals surface area contributed by atoms with Crippen molar-refractivity contribution >= 4 is 27.5 Å². The second-order valence-electron chi connectivity index (χ2n) is 4.84. The zero-order chi connectivity index (χ0) is 14.8. The molecule has 6 nitrogen and oxygen atoms in total. The zero-order valence-corrected chi connectivity index (χ0v) is 12.6. The van der Waals surface area contributed by atoms with Crippen LogP contribution in [0.5, 0.6) is 0 Å². The van der Waals surface area contributed by atoms with E-state index in [2.05, 4.69) is 9.71 Å². The molecule has 110 valence electrons. The number of carbonyl (C=O) groups is 1. The lowest BCUT2D eigenvalue weighted by Crippen LogP contribution is -2.49. The summed E-state index contributed by atoms with van der Waals surface area (Å²) in [5.41, 5.74) is 0.342. The molecule has 1 aliphatic heterocycles. The van der Waals surface area contributed by atoms with Crippen LogP contribution in [-0.4, -0.2) is 49.6 Å². The molecule has 0 aromatic carbocycles. The summed E-state index contributed by atoms with van der Waals surface area (Å²) in [5, 5.41) is 0.350. The number of sulfonamides is 1. The first-order valence-electron chi connectivity index (χ1n) is 6.23. The van der Waals surface area contributed by atoms with Crippen LogP contribution in [0.1, 0.15) is 23.2 Å². The van der Waals surface area contributed by atoms with Crippen molar-refractivity contribution in [1.82, 2.24) is 14.6 Å². The van der Waals surface area contributed by atoms with E-state index in [4.69, 9.17) is 11.6 Å². The summed E-state index contributed by atoms with van der Waals surface area (Å²) in [7, 11) is -3.27. The first kappa shape index (κ1) is 15.2. The third kappa shape index (κ3) is 3.91. The van der Waals surface area contributed by atoms with Crippen LogP contribution in [0, 0.1) is 0 Å². The molecule has 1 amide bonds. The Balaban J connectivity index is 2.09. The molecule has 0 radical (unpaired) electrons. The molecule has 0 spiro atoms. The summed E-state index contributed by atoms with van der Waals surface area (Å²) in [4.78, 5) is 17.9. The second kappa shape index (κ2) is 6.07. The lowest BCUT2D eigenvalue weighted by atomic mass is 10.1. The fraction of sp³-hybridized carbons (Fsp3) is 0.500. The van der Waals surface area contributed by atoms with Crippen LogP contribution in [-0.2, 0) is 10.0 Å². The summed E-state index contributed by atoms with van der Waals surface area (Å²) in [6.07, 6.45) is 5.53. The van der Waals surface area contributed by atoms with Gasteiger partial charge in [-0.05, 0) is 18.9 Å². The number of piperidine rings is 1. The van der Waals surface area contributed by atoms with E-state index in [1.54, 1.807) is 11.0 Å². The number of amides is 1. The molecule has 1 atom stereocenters. The number of hydrogen-bond acceptors (Lipinski definition) is 4. The third-order valence-electron chi connectivity index (χ3n) is 3.09. The number of aromatic nitrogens is 1. The molecule has 1 aromatic rings. The van der Waals surface area contributed by atoms with Gasteiger partial charge in [0.05, 0.1) is 16.8 Å². The lowest BCUT2D eigenvalue weighted by Gasteiger charge is -2.32. The van der Waals surface area contributed by atoms with Gasteiger partial charge in [0.15, 0.2) is 0 Å². The maximum absolute atomic E-state index is 12.4. The normalized spacial score (nSPS) is 19.9. The average Bonchev–Trinajstić information content (AvgIpc) is 2.37. The Hall–Kier alpha value is -1.18. The minimum atomic E-state index is -3.27. The van der Waals surface area contributed by atoms with E-state index in [1.807, 2.05) is 0 Å². The van der Waals surface area contributed by atoms with E-state index in [9.17, 15) is 13.2 Å². The van der Waals surface area contributed by atoms with Crippen LogP contribution in [0.3, 0.4) is 0 Å². The standard InChI is InChI=1S/C12H16ClN3O3S/c1-20(18,19)15-9-3-2-6-16(8-9)12(17)10-7-14-5-4-11(10)13/h4-5,7,9,15H,2-3,6,8H2,1H3. The van der Waals surface area contributed by atoms with Crippen molar-refractivity contribution in [3.05, 3.63) is 29.0 Å². The molecule has 1 aromatic heterocycles. The molecule has 1 saturated heterocycles. The minimum Gasteiger partial charge on any atom is -0.337 e. The smallest absolute Gasteiger partial charge is 0.256 e. The Morgan fingerprint density at radius 2 is 2.30 bits per heavy atom. The van der Waals surface area contributed by atoms with Crippen molar-refractivity contribution in [2.75, 3.05) is 19.3 Å². The van der Waals surface area contributed by atoms with Crippen LogP contribution in [0.2, 0.25) is 5.02 Å². The average molecular weight is 318 g/mol. The molecule has 0 saturated carbocycles. The Kier molecular flexibility index (Phi) is 4.62. The number of rotatable bonds is 3. The van der Waals surface area contributed by atoms with E-state index >= 15 is 0 Å². The van der Waals surface area contributed by atoms with Crippen molar-refractivity contribution in [3.8, 4) is 0 Å². The zero-order valence-electron chi connectivity index (χ0n) is 11.0. The number of nitrogens with one attached hydrogen (secondary N) is 1. The summed E-state index contributed by atoms with van der Waals surface area (Å²) in [5.74, 6) is -0.219. The number of hydrogen-bond donors (Lipinski definition) is 1. The maximum Gasteiger partial charge on any atom is 0.256 e. The summed E-state index contributed by atoms with van der Waals surface area (Å²) in [6, 6.07) is 1.31. The van der Waals surface area contributed by atoms with Crippen molar-refractivity contribution in [3.63, 3.8) is 0 Å². The molecule has 20 heavy (non-hydrogen) atoms. The van der Waals surface area contributed by atoms with E-state index in [1.165, 1.54) is 12.4 Å². The first-order chi connectivity index (χ1) is 9.37. The largest absolute Gasteiger partial charge is 0.337 e. The van der Waals surface area contributed by atoms with Crippen LogP contribution in [0.4, 0.5) is 0 Å². The highest BCUT2D eigenvalue weighted by atomic mass is 35.5. The van der Waals surface area contributed by atoms with Gasteiger partial charge in [0.1, 0.15) is 0 Å². The van der Waals surface area contributed by atoms with Gasteiger partial charge in [-0.3, -0.25) is 9.78 Å². The van der Waals surface area contributed by atoms with Gasteiger partial charge >= 0.3 is 0 Å². The highest BCUT2D eigenvalue weighted by molar-refractivity contribution is 7.88. The van der Waals surface area contributed by atoms with Crippen molar-refractivity contribution in [1.29, 1.82) is 0 Å². The van der Waals surface area contributed by atoms with Gasteiger partial charge in [-0.25, -0.2) is 13.1 Å². The van der Waals surface area contributed by atoms with Crippen molar-refractivity contribution < 1.29 is 13.2 Å². The number of likely N-dealkylation sites (tertiary alicyclic amines) is 1. The molecule has 1 unspecified atom stereocenters. The number of halogens is 1. The topological polar surface area (TPSA) is 79.4 Å². The van der Waals surface area contributed by atoms with Crippen LogP contribution in [0.15, 0.2) is 18.5 Å². The highest BCUT2D eigenvalue weighted by Gasteiger charge is 2.27. The van der Waals surface area contributed by atoms with Gasteiger partial charge in [-0.15, -0.1) is 0 Å². The van der Waals surface area contributed by atoms with Gasteiger partial charge in [0.2, 0.25) is 10.0 Å². The highest BCUT2D eigenvalue weighted by Crippen LogP contribution is 2.19. The molecule has 1 N–H and O–H groups in total. The maximum atomic E-state index is 12.4. The fourth-order valence-electron chi connectivity index (χ4n) is 2.27. The molecule has 1 fully saturated rings. The molecular formula is C12H16ClN3O3S. The van der Waals surface area contributed by atoms with Crippen molar-refractivity contribution in [2.24, 2.45) is 0 Å². The fourth-order valence-corrected chi connectivity index (χ4v) is 3.25. The molecule has 0 aliphatic carbocycles. The number of nitrogens with zero attached hydrogens (tertiary/aromatic N) is 2. The Labute approximate surface area is 123 Å². The van der Waals surface area contributed by atoms with E-state index in [-0.39, 0.29) is 11.9 Å². The van der Waals surface area contributed by atoms with E-state index in [0.29, 0.717) is 23.7 Å². The Bertz CT molecular complexity index is 606. The quantitative estimate of drug-likeness (QED) is 0.898. The molecule has 1 aliphatic rings. The van der Waals surface area contributed by atoms with E-state index in [0.717, 1.165) is 19.1 Å². The molecule has 8 heteroatoms. The predicted octanol–water partition coefficient (Wildman–Crippen LogP) is 0.889. The summed E-state index contributed by atoms with van der Waals surface area (Å²) >= 11 is 5.98. The van der Waals surface area contributed by atoms with Crippen molar-refractivity contribution in [2.45, 2.75) is 18.9 Å². The molecule has 2 rings (SSSR count). The summed E-state index contributed by atoms with van der Waals surface area (Å²) in [6.45, 7) is 0.934. The van der Waals surface area contributed by atoms with Gasteiger partial charge in [0, 0.05) is 31.5 Å². The van der Waals surface area contributed by atoms with Gasteiger partial charge in [-0.2, -0.15) is 0 Å². The van der Waals surface area contributed by atoms with Crippen LogP contribution >= 0.6 is 11.6 Å². The Morgan fingerprint density at radius 3 is 2.95 bits per heavy atom. The van der Waals surface area contributed by atoms with Gasteiger partial charge in [0.25, 0.3) is 5.91 Å². The second-order valence-corrected chi connectivity index (χ2v) is 7.02. The first-order valence-corrected chi connectivity index (χ1v) is 8.50. The van der Waals surface area contributed by atoms with Gasteiger partial charge < -0.3 is 4.90 Å². The third-order valence-corrected chi connectivity index (χ3v) is 4.18. The van der Waals surface area contributed by atoms with E-state index < -0.39 is 10.0 Å². The monoisotopic (exact) mass is 317 g/mol. The molecule has 2 heterocycles. The Morgan fingerprint density at radius 1 is 1.55 bits per heavy atom. The predicted molar refractivity (Wildman–Crippen MR) is 76.2 cm³/mol. The summed E-state index contributed by atoms with van der Waals surface area (Å²) < 4.78 is 25.0. The van der Waals surface area contributed by atoms with Gasteiger partial charge in [-0.1, -0.05) is 11.6 Å². The number of carbonyl (C=O) groups excluding carboxylic acids is 1. The minimum absolute atomic E-state index is 0.219. The van der Waals surface area contributed by atoms with Crippen LogP contribution < -0.4 is 4.72 Å².